The van der Waals surface area contributed by atoms with Crippen LogP contribution in [0.25, 0.3) is 0 Å². The molecule has 3 nitrogen and oxygen atoms in total. The minimum atomic E-state index is -0.486. The number of aryl methyl sites for hydroxylation is 1. The number of ketones is 1. The smallest absolute Gasteiger partial charge is 0.170 e. The van der Waals surface area contributed by atoms with Gasteiger partial charge in [-0.25, -0.2) is 0 Å². The fourth-order valence-corrected chi connectivity index (χ4v) is 8.87. The van der Waals surface area contributed by atoms with Crippen LogP contribution in [0.4, 0.5) is 0 Å². The fourth-order valence-electron chi connectivity index (χ4n) is 8.39. The second kappa shape index (κ2) is 7.14. The van der Waals surface area contributed by atoms with Gasteiger partial charge in [-0.05, 0) is 105 Å². The first-order valence-corrected chi connectivity index (χ1v) is 12.5. The highest BCUT2D eigenvalue weighted by Gasteiger charge is 2.64. The van der Waals surface area contributed by atoms with E-state index in [0.29, 0.717) is 12.5 Å². The first-order chi connectivity index (χ1) is 13.8. The van der Waals surface area contributed by atoms with Crippen molar-refractivity contribution < 1.29 is 4.79 Å². The average Bonchev–Trinajstić information content (AvgIpc) is 3.22. The van der Waals surface area contributed by atoms with Gasteiger partial charge in [0.1, 0.15) is 6.54 Å². The largest absolute Gasteiger partial charge is 0.296 e. The Morgan fingerprint density at radius 2 is 1.93 bits per heavy atom. The summed E-state index contributed by atoms with van der Waals surface area (Å²) < 4.78 is 1.33. The highest BCUT2D eigenvalue weighted by molar-refractivity contribution is 7.82. The standard InChI is InChI=1S/C25H38N2OS/c1-16-4-6-19-18(12-16)5-7-21-20(19)8-10-24(3)22(21)9-11-25(24,29)23(28)15-27-14-17(2)13-26-27/h13-14,16,18-22,29H,4-12,15H2,1-3H3/t16?,18?,19?,20?,21?,22-,24?,25-/m0/s1. The Labute approximate surface area is 181 Å². The van der Waals surface area contributed by atoms with Gasteiger partial charge in [0.05, 0.1) is 10.9 Å². The van der Waals surface area contributed by atoms with Crippen molar-refractivity contribution in [2.45, 2.75) is 89.9 Å². The van der Waals surface area contributed by atoms with Crippen LogP contribution in [0.1, 0.15) is 77.2 Å². The Morgan fingerprint density at radius 3 is 2.69 bits per heavy atom. The van der Waals surface area contributed by atoms with E-state index in [0.717, 1.165) is 41.6 Å². The minimum absolute atomic E-state index is 0.0470. The second-order valence-corrected chi connectivity index (χ2v) is 12.1. The third-order valence-corrected chi connectivity index (χ3v) is 10.9. The second-order valence-electron chi connectivity index (χ2n) is 11.3. The lowest BCUT2D eigenvalue weighted by Crippen LogP contribution is -2.54. The lowest BCUT2D eigenvalue weighted by atomic mass is 9.49. The van der Waals surface area contributed by atoms with E-state index in [1.54, 1.807) is 0 Å². The molecule has 0 spiro atoms. The first-order valence-electron chi connectivity index (χ1n) is 12.1. The Kier molecular flexibility index (Phi) is 4.96. The molecule has 4 aliphatic rings. The molecule has 1 aromatic rings. The van der Waals surface area contributed by atoms with Crippen LogP contribution in [0.15, 0.2) is 12.4 Å². The third kappa shape index (κ3) is 3.06. The van der Waals surface area contributed by atoms with Crippen LogP contribution in [0.3, 0.4) is 0 Å². The van der Waals surface area contributed by atoms with Gasteiger partial charge in [0.15, 0.2) is 5.78 Å². The van der Waals surface area contributed by atoms with Crippen LogP contribution in [0.2, 0.25) is 0 Å². The molecule has 0 radical (unpaired) electrons. The lowest BCUT2D eigenvalue weighted by Gasteiger charge is -2.57. The number of hydrogen-bond acceptors (Lipinski definition) is 3. The van der Waals surface area contributed by atoms with Crippen molar-refractivity contribution in [1.29, 1.82) is 0 Å². The molecule has 4 aliphatic carbocycles. The third-order valence-electron chi connectivity index (χ3n) is 9.90. The zero-order valence-electron chi connectivity index (χ0n) is 18.4. The molecule has 4 heteroatoms. The Hall–Kier alpha value is -0.770. The zero-order valence-corrected chi connectivity index (χ0v) is 19.3. The number of carbonyl (C=O) groups excluding carboxylic acids is 1. The van der Waals surface area contributed by atoms with Gasteiger partial charge in [0, 0.05) is 6.20 Å². The van der Waals surface area contributed by atoms with Crippen molar-refractivity contribution in [2.24, 2.45) is 40.9 Å². The molecule has 0 aliphatic heterocycles. The molecular weight excluding hydrogens is 376 g/mol. The van der Waals surface area contributed by atoms with Gasteiger partial charge in [0.2, 0.25) is 0 Å². The Morgan fingerprint density at radius 1 is 1.14 bits per heavy atom. The van der Waals surface area contributed by atoms with E-state index in [1.807, 2.05) is 24.0 Å². The molecule has 0 saturated heterocycles. The van der Waals surface area contributed by atoms with Gasteiger partial charge in [-0.3, -0.25) is 9.48 Å². The van der Waals surface area contributed by atoms with Crippen LogP contribution in [-0.4, -0.2) is 20.3 Å². The van der Waals surface area contributed by atoms with E-state index in [-0.39, 0.29) is 11.2 Å². The average molecular weight is 415 g/mol. The van der Waals surface area contributed by atoms with E-state index in [4.69, 9.17) is 12.6 Å². The molecule has 0 amide bonds. The summed E-state index contributed by atoms with van der Waals surface area (Å²) in [5.41, 5.74) is 1.16. The van der Waals surface area contributed by atoms with E-state index in [9.17, 15) is 4.79 Å². The van der Waals surface area contributed by atoms with Crippen molar-refractivity contribution >= 4 is 18.4 Å². The highest BCUT2D eigenvalue weighted by atomic mass is 32.1. The highest BCUT2D eigenvalue weighted by Crippen LogP contribution is 2.67. The molecule has 1 heterocycles. The fraction of sp³-hybridized carbons (Fsp3) is 0.840. The zero-order chi connectivity index (χ0) is 20.4. The van der Waals surface area contributed by atoms with E-state index in [1.165, 1.54) is 51.4 Å². The van der Waals surface area contributed by atoms with Crippen molar-refractivity contribution in [1.82, 2.24) is 9.78 Å². The number of rotatable bonds is 3. The van der Waals surface area contributed by atoms with Gasteiger partial charge >= 0.3 is 0 Å². The van der Waals surface area contributed by atoms with Crippen LogP contribution >= 0.6 is 12.6 Å². The minimum Gasteiger partial charge on any atom is -0.296 e. The van der Waals surface area contributed by atoms with Gasteiger partial charge in [-0.15, -0.1) is 0 Å². The van der Waals surface area contributed by atoms with Gasteiger partial charge < -0.3 is 0 Å². The summed E-state index contributed by atoms with van der Waals surface area (Å²) >= 11 is 5.19. The van der Waals surface area contributed by atoms with Gasteiger partial charge in [-0.1, -0.05) is 20.3 Å². The number of aromatic nitrogens is 2. The number of Topliss-reactive ketones (excluding diaryl/α,β-unsaturated/α-hetero) is 1. The number of thiol groups is 1. The topological polar surface area (TPSA) is 34.9 Å². The molecule has 160 valence electrons. The molecule has 0 N–H and O–H groups in total. The summed E-state index contributed by atoms with van der Waals surface area (Å²) in [5, 5.41) is 4.36. The van der Waals surface area contributed by atoms with E-state index >= 15 is 0 Å². The van der Waals surface area contributed by atoms with E-state index < -0.39 is 4.75 Å². The SMILES string of the molecule is Cc1cnn(CC(=O)[C@@]2(S)CC[C@H]3C4CCC5CC(C)CCC5C4CCC32C)c1. The van der Waals surface area contributed by atoms with Crippen LogP contribution < -0.4 is 0 Å². The molecular formula is C25H38N2OS. The molecule has 4 fully saturated rings. The van der Waals surface area contributed by atoms with Crippen molar-refractivity contribution in [3.05, 3.63) is 18.0 Å². The monoisotopic (exact) mass is 414 g/mol. The van der Waals surface area contributed by atoms with Gasteiger partial charge in [0.25, 0.3) is 0 Å². The van der Waals surface area contributed by atoms with Crippen molar-refractivity contribution in [3.63, 3.8) is 0 Å². The molecule has 0 bridgehead atoms. The Bertz CT molecular complexity index is 790. The lowest BCUT2D eigenvalue weighted by molar-refractivity contribution is -0.128. The molecule has 5 rings (SSSR count). The maximum atomic E-state index is 13.5. The summed E-state index contributed by atoms with van der Waals surface area (Å²) in [4.78, 5) is 13.5. The molecule has 6 unspecified atom stereocenters. The van der Waals surface area contributed by atoms with E-state index in [2.05, 4.69) is 18.9 Å². The molecule has 0 aromatic carbocycles. The number of hydrogen-bond donors (Lipinski definition) is 1. The molecule has 8 atom stereocenters. The first kappa shape index (κ1) is 20.2. The van der Waals surface area contributed by atoms with Gasteiger partial charge in [-0.2, -0.15) is 17.7 Å². The van der Waals surface area contributed by atoms with Crippen molar-refractivity contribution in [3.8, 4) is 0 Å². The molecule has 29 heavy (non-hydrogen) atoms. The predicted molar refractivity (Wildman–Crippen MR) is 120 cm³/mol. The normalized spacial score (nSPS) is 46.6. The quantitative estimate of drug-likeness (QED) is 0.642. The van der Waals surface area contributed by atoms with Crippen LogP contribution in [0.5, 0.6) is 0 Å². The summed E-state index contributed by atoms with van der Waals surface area (Å²) in [6, 6.07) is 0. The number of fused-ring (bicyclic) bond motifs is 5. The molecule has 4 saturated carbocycles. The number of nitrogens with zero attached hydrogens (tertiary/aromatic N) is 2. The predicted octanol–water partition coefficient (Wildman–Crippen LogP) is 5.72. The van der Waals surface area contributed by atoms with Crippen LogP contribution in [-0.2, 0) is 11.3 Å². The van der Waals surface area contributed by atoms with Crippen LogP contribution in [0, 0.1) is 47.8 Å². The molecule has 1 aromatic heterocycles. The summed E-state index contributed by atoms with van der Waals surface area (Å²) in [6.07, 6.45) is 15.7. The summed E-state index contributed by atoms with van der Waals surface area (Å²) in [5.74, 6) is 5.59. The van der Waals surface area contributed by atoms with Crippen molar-refractivity contribution in [2.75, 3.05) is 0 Å². The maximum Gasteiger partial charge on any atom is 0.170 e. The maximum absolute atomic E-state index is 13.5. The Balaban J connectivity index is 1.36. The summed E-state index contributed by atoms with van der Waals surface area (Å²) in [6.45, 7) is 7.27. The summed E-state index contributed by atoms with van der Waals surface area (Å²) in [7, 11) is 0. The number of carbonyl (C=O) groups is 1.